The fourth-order valence-corrected chi connectivity index (χ4v) is 4.26. The highest BCUT2D eigenvalue weighted by Gasteiger charge is 2.33. The van der Waals surface area contributed by atoms with Crippen LogP contribution < -0.4 is 5.32 Å². The lowest BCUT2D eigenvalue weighted by atomic mass is 9.78. The molecule has 1 saturated heterocycles. The van der Waals surface area contributed by atoms with Crippen molar-refractivity contribution in [1.29, 1.82) is 0 Å². The van der Waals surface area contributed by atoms with Crippen LogP contribution in [0.5, 0.6) is 0 Å². The Kier molecular flexibility index (Phi) is 6.12. The van der Waals surface area contributed by atoms with Gasteiger partial charge in [-0.2, -0.15) is 0 Å². The molecule has 27 heavy (non-hydrogen) atoms. The molecule has 148 valence electrons. The largest absolute Gasteiger partial charge is 0.353 e. The zero-order valence-corrected chi connectivity index (χ0v) is 16.0. The first-order valence-electron chi connectivity index (χ1n) is 9.91. The minimum Gasteiger partial charge on any atom is -0.353 e. The molecule has 1 aliphatic heterocycles. The summed E-state index contributed by atoms with van der Waals surface area (Å²) in [7, 11) is 0. The number of piperidine rings is 1. The molecule has 0 radical (unpaired) electrons. The smallest absolute Gasteiger partial charge is 0.256 e. The number of hydrogen-bond acceptors (Lipinski definition) is 2. The van der Waals surface area contributed by atoms with E-state index in [1.165, 1.54) is 12.5 Å². The quantitative estimate of drug-likeness (QED) is 0.871. The zero-order valence-electron chi connectivity index (χ0n) is 16.0. The van der Waals surface area contributed by atoms with Crippen LogP contribution >= 0.6 is 0 Å². The Bertz CT molecular complexity index is 701. The average molecular weight is 378 g/mol. The van der Waals surface area contributed by atoms with Gasteiger partial charge in [0.05, 0.1) is 5.56 Å². The summed E-state index contributed by atoms with van der Waals surface area (Å²) in [4.78, 5) is 26.7. The van der Waals surface area contributed by atoms with Crippen LogP contribution in [0.15, 0.2) is 18.2 Å². The monoisotopic (exact) mass is 378 g/mol. The Morgan fingerprint density at radius 3 is 2.44 bits per heavy atom. The van der Waals surface area contributed by atoms with E-state index in [1.54, 1.807) is 4.90 Å². The van der Waals surface area contributed by atoms with Crippen molar-refractivity contribution in [3.8, 4) is 0 Å². The van der Waals surface area contributed by atoms with Crippen molar-refractivity contribution >= 4 is 11.8 Å². The molecule has 1 heterocycles. The van der Waals surface area contributed by atoms with Crippen LogP contribution in [0.1, 0.15) is 56.3 Å². The molecule has 0 aromatic heterocycles. The molecule has 3 atom stereocenters. The highest BCUT2D eigenvalue weighted by atomic mass is 19.1. The summed E-state index contributed by atoms with van der Waals surface area (Å²) in [6.45, 7) is 5.25. The van der Waals surface area contributed by atoms with E-state index < -0.39 is 17.5 Å². The predicted octanol–water partition coefficient (Wildman–Crippen LogP) is 3.76. The summed E-state index contributed by atoms with van der Waals surface area (Å²) < 4.78 is 26.9. The van der Waals surface area contributed by atoms with Crippen molar-refractivity contribution < 1.29 is 18.4 Å². The van der Waals surface area contributed by atoms with Gasteiger partial charge in [-0.1, -0.05) is 26.7 Å². The molecule has 1 aromatic carbocycles. The minimum atomic E-state index is -0.847. The van der Waals surface area contributed by atoms with Crippen molar-refractivity contribution in [2.24, 2.45) is 17.8 Å². The van der Waals surface area contributed by atoms with E-state index >= 15 is 0 Å². The Morgan fingerprint density at radius 2 is 1.78 bits per heavy atom. The number of hydrogen-bond donors (Lipinski definition) is 1. The lowest BCUT2D eigenvalue weighted by molar-refractivity contribution is -0.127. The van der Waals surface area contributed by atoms with E-state index in [0.717, 1.165) is 25.0 Å². The topological polar surface area (TPSA) is 49.4 Å². The van der Waals surface area contributed by atoms with Gasteiger partial charge in [0.25, 0.3) is 5.91 Å². The molecule has 2 amide bonds. The second-order valence-electron chi connectivity index (χ2n) is 8.07. The third-order valence-electron chi connectivity index (χ3n) is 6.35. The maximum absolute atomic E-state index is 13.8. The molecular formula is C21H28F2N2O2. The molecule has 3 rings (SSSR count). The van der Waals surface area contributed by atoms with Gasteiger partial charge in [-0.3, -0.25) is 9.59 Å². The van der Waals surface area contributed by atoms with Crippen molar-refractivity contribution in [2.75, 3.05) is 13.1 Å². The SMILES string of the molecule is CC1CCCC(NC(=O)C2CCN(C(=O)c3ccc(F)cc3F)CC2)C1C. The number of halogens is 2. The number of carbonyl (C=O) groups is 2. The number of amides is 2. The summed E-state index contributed by atoms with van der Waals surface area (Å²) in [5, 5.41) is 3.22. The summed E-state index contributed by atoms with van der Waals surface area (Å²) in [6, 6.07) is 3.22. The maximum atomic E-state index is 13.8. The van der Waals surface area contributed by atoms with Gasteiger partial charge in [0.2, 0.25) is 5.91 Å². The third kappa shape index (κ3) is 4.47. The van der Waals surface area contributed by atoms with Gasteiger partial charge in [-0.15, -0.1) is 0 Å². The highest BCUT2D eigenvalue weighted by molar-refractivity contribution is 5.94. The molecule has 0 spiro atoms. The number of carbonyl (C=O) groups excluding carboxylic acids is 2. The van der Waals surface area contributed by atoms with E-state index in [0.29, 0.717) is 37.8 Å². The van der Waals surface area contributed by atoms with Crippen LogP contribution in [0.3, 0.4) is 0 Å². The molecule has 1 saturated carbocycles. The first kappa shape index (κ1) is 19.8. The normalized spacial score (nSPS) is 26.7. The Hall–Kier alpha value is -1.98. The summed E-state index contributed by atoms with van der Waals surface area (Å²) in [5.74, 6) is -0.940. The molecule has 2 aliphatic rings. The van der Waals surface area contributed by atoms with E-state index in [2.05, 4.69) is 19.2 Å². The van der Waals surface area contributed by atoms with Crippen LogP contribution in [0.4, 0.5) is 8.78 Å². The van der Waals surface area contributed by atoms with Gasteiger partial charge in [-0.05, 0) is 43.2 Å². The lowest BCUT2D eigenvalue weighted by Gasteiger charge is -2.37. The molecule has 1 aliphatic carbocycles. The zero-order chi connectivity index (χ0) is 19.6. The molecule has 6 heteroatoms. The average Bonchev–Trinajstić information content (AvgIpc) is 2.65. The first-order valence-corrected chi connectivity index (χ1v) is 9.91. The third-order valence-corrected chi connectivity index (χ3v) is 6.35. The molecule has 1 aromatic rings. The Balaban J connectivity index is 1.53. The molecule has 3 unspecified atom stereocenters. The standard InChI is InChI=1S/C21H28F2N2O2/c1-13-4-3-5-19(14(13)2)24-20(26)15-8-10-25(11-9-15)21(27)17-7-6-16(22)12-18(17)23/h6-7,12-15,19H,3-5,8-11H2,1-2H3,(H,24,26). The lowest BCUT2D eigenvalue weighted by Crippen LogP contribution is -2.48. The number of likely N-dealkylation sites (tertiary alicyclic amines) is 1. The number of nitrogens with zero attached hydrogens (tertiary/aromatic N) is 1. The van der Waals surface area contributed by atoms with Crippen LogP contribution in [0, 0.1) is 29.4 Å². The van der Waals surface area contributed by atoms with Gasteiger partial charge in [-0.25, -0.2) is 8.78 Å². The van der Waals surface area contributed by atoms with Gasteiger partial charge in [0, 0.05) is 31.1 Å². The number of rotatable bonds is 3. The first-order chi connectivity index (χ1) is 12.9. The maximum Gasteiger partial charge on any atom is 0.256 e. The van der Waals surface area contributed by atoms with Gasteiger partial charge in [0.15, 0.2) is 0 Å². The van der Waals surface area contributed by atoms with E-state index in [4.69, 9.17) is 0 Å². The van der Waals surface area contributed by atoms with Crippen molar-refractivity contribution in [1.82, 2.24) is 10.2 Å². The number of benzene rings is 1. The van der Waals surface area contributed by atoms with Crippen molar-refractivity contribution in [3.05, 3.63) is 35.4 Å². The molecule has 0 bridgehead atoms. The van der Waals surface area contributed by atoms with E-state index in [1.807, 2.05) is 0 Å². The highest BCUT2D eigenvalue weighted by Crippen LogP contribution is 2.30. The Morgan fingerprint density at radius 1 is 1.07 bits per heavy atom. The van der Waals surface area contributed by atoms with Gasteiger partial charge < -0.3 is 10.2 Å². The number of nitrogens with one attached hydrogen (secondary N) is 1. The summed E-state index contributed by atoms with van der Waals surface area (Å²) in [6.07, 6.45) is 4.52. The van der Waals surface area contributed by atoms with Crippen LogP contribution in [0.25, 0.3) is 0 Å². The van der Waals surface area contributed by atoms with Crippen molar-refractivity contribution in [2.45, 2.75) is 52.0 Å². The molecule has 4 nitrogen and oxygen atoms in total. The minimum absolute atomic E-state index is 0.0704. The molecular weight excluding hydrogens is 350 g/mol. The van der Waals surface area contributed by atoms with Crippen molar-refractivity contribution in [3.63, 3.8) is 0 Å². The van der Waals surface area contributed by atoms with E-state index in [9.17, 15) is 18.4 Å². The molecule has 2 fully saturated rings. The Labute approximate surface area is 159 Å². The van der Waals surface area contributed by atoms with Crippen LogP contribution in [-0.2, 0) is 4.79 Å². The second kappa shape index (κ2) is 8.36. The van der Waals surface area contributed by atoms with Crippen LogP contribution in [-0.4, -0.2) is 35.8 Å². The summed E-state index contributed by atoms with van der Waals surface area (Å²) in [5.41, 5.74) is -0.121. The van der Waals surface area contributed by atoms with Gasteiger partial charge in [0.1, 0.15) is 11.6 Å². The molecule has 1 N–H and O–H groups in total. The fraction of sp³-hybridized carbons (Fsp3) is 0.619. The second-order valence-corrected chi connectivity index (χ2v) is 8.07. The van der Waals surface area contributed by atoms with Crippen LogP contribution in [0.2, 0.25) is 0 Å². The summed E-state index contributed by atoms with van der Waals surface area (Å²) >= 11 is 0. The fourth-order valence-electron chi connectivity index (χ4n) is 4.26. The van der Waals surface area contributed by atoms with E-state index in [-0.39, 0.29) is 23.4 Å². The predicted molar refractivity (Wildman–Crippen MR) is 99.1 cm³/mol. The van der Waals surface area contributed by atoms with Gasteiger partial charge >= 0.3 is 0 Å².